The smallest absolute Gasteiger partial charge is 0.0627 e. The number of nitrogens with zero attached hydrogens (tertiary/aromatic N) is 2. The Labute approximate surface area is 86.3 Å². The maximum Gasteiger partial charge on any atom is 0.0627 e. The Hall–Kier alpha value is -0.830. The van der Waals surface area contributed by atoms with E-state index in [-0.39, 0.29) is 0 Å². The number of nitrogens with two attached hydrogens (primary N) is 1. The number of aromatic nitrogens is 2. The van der Waals surface area contributed by atoms with E-state index in [0.717, 1.165) is 19.4 Å². The zero-order valence-electron chi connectivity index (χ0n) is 9.40. The van der Waals surface area contributed by atoms with Crippen LogP contribution in [-0.4, -0.2) is 16.3 Å². The van der Waals surface area contributed by atoms with Crippen LogP contribution >= 0.6 is 0 Å². The van der Waals surface area contributed by atoms with Gasteiger partial charge in [0.25, 0.3) is 0 Å². The van der Waals surface area contributed by atoms with E-state index in [1.165, 1.54) is 5.69 Å². The molecule has 1 unspecified atom stereocenters. The standard InChI is InChI=1S/C11H21N3/c1-9(2)14-7-5-11(13-14)8-10(3)4-6-12/h5,7,9-10H,4,6,8,12H2,1-3H3. The van der Waals surface area contributed by atoms with Gasteiger partial charge in [0, 0.05) is 12.2 Å². The molecule has 14 heavy (non-hydrogen) atoms. The van der Waals surface area contributed by atoms with Crippen molar-refractivity contribution in [1.29, 1.82) is 0 Å². The Bertz CT molecular complexity index is 265. The van der Waals surface area contributed by atoms with Crippen molar-refractivity contribution < 1.29 is 0 Å². The van der Waals surface area contributed by atoms with Crippen molar-refractivity contribution in [2.24, 2.45) is 11.7 Å². The summed E-state index contributed by atoms with van der Waals surface area (Å²) in [4.78, 5) is 0. The molecule has 1 heterocycles. The monoisotopic (exact) mass is 195 g/mol. The van der Waals surface area contributed by atoms with Crippen molar-refractivity contribution in [2.75, 3.05) is 6.54 Å². The molecule has 0 spiro atoms. The van der Waals surface area contributed by atoms with Gasteiger partial charge in [-0.25, -0.2) is 0 Å². The van der Waals surface area contributed by atoms with Crippen LogP contribution in [0, 0.1) is 5.92 Å². The quantitative estimate of drug-likeness (QED) is 0.781. The van der Waals surface area contributed by atoms with Crippen LogP contribution < -0.4 is 5.73 Å². The molecule has 0 fully saturated rings. The van der Waals surface area contributed by atoms with Gasteiger partial charge in [-0.3, -0.25) is 4.68 Å². The summed E-state index contributed by atoms with van der Waals surface area (Å²) in [6.45, 7) is 7.27. The Morgan fingerprint density at radius 2 is 2.14 bits per heavy atom. The third kappa shape index (κ3) is 3.14. The van der Waals surface area contributed by atoms with Crippen molar-refractivity contribution in [3.05, 3.63) is 18.0 Å². The lowest BCUT2D eigenvalue weighted by Gasteiger charge is -2.07. The average molecular weight is 195 g/mol. The third-order valence-electron chi connectivity index (χ3n) is 2.41. The first kappa shape index (κ1) is 11.2. The zero-order valence-corrected chi connectivity index (χ0v) is 9.40. The lowest BCUT2D eigenvalue weighted by atomic mass is 10.0. The van der Waals surface area contributed by atoms with Crippen LogP contribution in [0.2, 0.25) is 0 Å². The summed E-state index contributed by atoms with van der Waals surface area (Å²) in [6, 6.07) is 2.56. The van der Waals surface area contributed by atoms with Gasteiger partial charge < -0.3 is 5.73 Å². The molecule has 0 bridgehead atoms. The van der Waals surface area contributed by atoms with E-state index < -0.39 is 0 Å². The summed E-state index contributed by atoms with van der Waals surface area (Å²) in [5.41, 5.74) is 6.69. The van der Waals surface area contributed by atoms with Crippen molar-refractivity contribution >= 4 is 0 Å². The van der Waals surface area contributed by atoms with E-state index in [9.17, 15) is 0 Å². The van der Waals surface area contributed by atoms with Crippen molar-refractivity contribution in [2.45, 2.75) is 39.7 Å². The Kier molecular flexibility index (Phi) is 4.14. The van der Waals surface area contributed by atoms with E-state index >= 15 is 0 Å². The van der Waals surface area contributed by atoms with Gasteiger partial charge in [-0.2, -0.15) is 5.10 Å². The van der Waals surface area contributed by atoms with Crippen molar-refractivity contribution in [3.63, 3.8) is 0 Å². The molecule has 0 aliphatic rings. The Morgan fingerprint density at radius 3 is 2.64 bits per heavy atom. The minimum atomic E-state index is 0.452. The zero-order chi connectivity index (χ0) is 10.6. The molecular weight excluding hydrogens is 174 g/mol. The maximum atomic E-state index is 5.51. The minimum Gasteiger partial charge on any atom is -0.330 e. The predicted octanol–water partition coefficient (Wildman–Crippen LogP) is 1.99. The van der Waals surface area contributed by atoms with E-state index in [1.54, 1.807) is 0 Å². The Balaban J connectivity index is 2.51. The van der Waals surface area contributed by atoms with Gasteiger partial charge in [-0.1, -0.05) is 6.92 Å². The first-order chi connectivity index (χ1) is 6.63. The second-order valence-corrected chi connectivity index (χ2v) is 4.27. The summed E-state index contributed by atoms with van der Waals surface area (Å²) in [5, 5.41) is 4.51. The molecule has 0 aromatic carbocycles. The summed E-state index contributed by atoms with van der Waals surface area (Å²) < 4.78 is 2.00. The second-order valence-electron chi connectivity index (χ2n) is 4.27. The maximum absolute atomic E-state index is 5.51. The molecule has 80 valence electrons. The highest BCUT2D eigenvalue weighted by atomic mass is 15.3. The fraction of sp³-hybridized carbons (Fsp3) is 0.727. The topological polar surface area (TPSA) is 43.8 Å². The van der Waals surface area contributed by atoms with Gasteiger partial charge in [0.1, 0.15) is 0 Å². The van der Waals surface area contributed by atoms with Gasteiger partial charge in [0.15, 0.2) is 0 Å². The lowest BCUT2D eigenvalue weighted by molar-refractivity contribution is 0.499. The largest absolute Gasteiger partial charge is 0.330 e. The van der Waals surface area contributed by atoms with Gasteiger partial charge in [0.2, 0.25) is 0 Å². The van der Waals surface area contributed by atoms with E-state index in [4.69, 9.17) is 5.73 Å². The highest BCUT2D eigenvalue weighted by Gasteiger charge is 2.06. The third-order valence-corrected chi connectivity index (χ3v) is 2.41. The van der Waals surface area contributed by atoms with Gasteiger partial charge in [-0.15, -0.1) is 0 Å². The van der Waals surface area contributed by atoms with Crippen molar-refractivity contribution in [1.82, 2.24) is 9.78 Å². The van der Waals surface area contributed by atoms with Gasteiger partial charge in [0.05, 0.1) is 5.69 Å². The molecule has 1 rings (SSSR count). The SMILES string of the molecule is CC(CCN)Cc1ccn(C(C)C)n1. The molecule has 1 aromatic rings. The van der Waals surface area contributed by atoms with Crippen LogP contribution in [-0.2, 0) is 6.42 Å². The summed E-state index contributed by atoms with van der Waals surface area (Å²) in [5.74, 6) is 0.635. The second kappa shape index (κ2) is 5.15. The molecule has 3 nitrogen and oxygen atoms in total. The van der Waals surface area contributed by atoms with Crippen LogP contribution in [0.5, 0.6) is 0 Å². The molecule has 1 aromatic heterocycles. The molecule has 0 saturated carbocycles. The van der Waals surface area contributed by atoms with Crippen LogP contribution in [0.15, 0.2) is 12.3 Å². The van der Waals surface area contributed by atoms with Crippen LogP contribution in [0.1, 0.15) is 38.9 Å². The highest BCUT2D eigenvalue weighted by molar-refractivity contribution is 5.00. The van der Waals surface area contributed by atoms with Crippen LogP contribution in [0.4, 0.5) is 0 Å². The predicted molar refractivity (Wildman–Crippen MR) is 59.2 cm³/mol. The summed E-state index contributed by atoms with van der Waals surface area (Å²) >= 11 is 0. The molecule has 1 atom stereocenters. The number of hydrogen-bond acceptors (Lipinski definition) is 2. The van der Waals surface area contributed by atoms with Gasteiger partial charge >= 0.3 is 0 Å². The fourth-order valence-electron chi connectivity index (χ4n) is 1.52. The fourth-order valence-corrected chi connectivity index (χ4v) is 1.52. The van der Waals surface area contributed by atoms with Crippen molar-refractivity contribution in [3.8, 4) is 0 Å². The molecule has 0 amide bonds. The normalized spacial score (nSPS) is 13.5. The average Bonchev–Trinajstić information content (AvgIpc) is 2.53. The molecule has 2 N–H and O–H groups in total. The van der Waals surface area contributed by atoms with Crippen LogP contribution in [0.25, 0.3) is 0 Å². The molecule has 0 saturated heterocycles. The Morgan fingerprint density at radius 1 is 1.43 bits per heavy atom. The number of hydrogen-bond donors (Lipinski definition) is 1. The molecule has 3 heteroatoms. The van der Waals surface area contributed by atoms with E-state index in [0.29, 0.717) is 12.0 Å². The minimum absolute atomic E-state index is 0.452. The summed E-state index contributed by atoms with van der Waals surface area (Å²) in [6.07, 6.45) is 4.17. The van der Waals surface area contributed by atoms with Gasteiger partial charge in [-0.05, 0) is 45.2 Å². The highest BCUT2D eigenvalue weighted by Crippen LogP contribution is 2.11. The van der Waals surface area contributed by atoms with Crippen LogP contribution in [0.3, 0.4) is 0 Å². The molecular formula is C11H21N3. The number of rotatable bonds is 5. The molecule has 0 aliphatic carbocycles. The molecule has 0 radical (unpaired) electrons. The first-order valence-electron chi connectivity index (χ1n) is 5.37. The van der Waals surface area contributed by atoms with E-state index in [2.05, 4.69) is 38.1 Å². The first-order valence-corrected chi connectivity index (χ1v) is 5.37. The molecule has 0 aliphatic heterocycles. The lowest BCUT2D eigenvalue weighted by Crippen LogP contribution is -2.09. The summed E-state index contributed by atoms with van der Waals surface area (Å²) in [7, 11) is 0. The van der Waals surface area contributed by atoms with E-state index in [1.807, 2.05) is 4.68 Å².